The van der Waals surface area contributed by atoms with Gasteiger partial charge >= 0.3 is 6.03 Å². The molecule has 0 saturated carbocycles. The van der Waals surface area contributed by atoms with Crippen LogP contribution in [0.2, 0.25) is 0 Å². The summed E-state index contributed by atoms with van der Waals surface area (Å²) < 4.78 is 4.93. The second-order valence-electron chi connectivity index (χ2n) is 7.52. The van der Waals surface area contributed by atoms with Crippen molar-refractivity contribution in [3.8, 4) is 0 Å². The minimum Gasteiger partial charge on any atom is -0.360 e. The highest BCUT2D eigenvalue weighted by molar-refractivity contribution is 5.93. The van der Waals surface area contributed by atoms with Gasteiger partial charge in [-0.2, -0.15) is 0 Å². The molecule has 1 aliphatic rings. The van der Waals surface area contributed by atoms with E-state index >= 15 is 0 Å². The fourth-order valence-electron chi connectivity index (χ4n) is 2.70. The molecule has 0 radical (unpaired) electrons. The SMILES string of the molecule is Cc1cc(NC(=O)CN(CCN2CCCC2)C(=O)NC(C)(C)C)no1. The molecule has 1 aromatic rings. The number of amides is 3. The molecule has 2 N–H and O–H groups in total. The third kappa shape index (κ3) is 6.74. The van der Waals surface area contributed by atoms with Crippen LogP contribution in [0.15, 0.2) is 10.6 Å². The van der Waals surface area contributed by atoms with Crippen molar-refractivity contribution in [3.05, 3.63) is 11.8 Å². The molecule has 2 rings (SSSR count). The van der Waals surface area contributed by atoms with E-state index < -0.39 is 0 Å². The summed E-state index contributed by atoms with van der Waals surface area (Å²) in [5, 5.41) is 9.32. The van der Waals surface area contributed by atoms with E-state index in [0.29, 0.717) is 18.1 Å². The lowest BCUT2D eigenvalue weighted by Gasteiger charge is -2.29. The summed E-state index contributed by atoms with van der Waals surface area (Å²) in [6.45, 7) is 10.9. The Balaban J connectivity index is 1.93. The second kappa shape index (κ2) is 8.33. The first-order valence-corrected chi connectivity index (χ1v) is 8.75. The number of aryl methyl sites for hydroxylation is 1. The quantitative estimate of drug-likeness (QED) is 0.816. The van der Waals surface area contributed by atoms with E-state index in [0.717, 1.165) is 19.6 Å². The van der Waals surface area contributed by atoms with Crippen molar-refractivity contribution in [2.45, 2.75) is 46.1 Å². The molecule has 0 aliphatic carbocycles. The van der Waals surface area contributed by atoms with Crippen molar-refractivity contribution in [3.63, 3.8) is 0 Å². The van der Waals surface area contributed by atoms with Gasteiger partial charge in [0.05, 0.1) is 0 Å². The van der Waals surface area contributed by atoms with Gasteiger partial charge in [-0.3, -0.25) is 4.79 Å². The lowest BCUT2D eigenvalue weighted by Crippen LogP contribution is -2.52. The number of hydrogen-bond donors (Lipinski definition) is 2. The molecule has 0 aromatic carbocycles. The molecular formula is C17H29N5O3. The van der Waals surface area contributed by atoms with Gasteiger partial charge in [-0.05, 0) is 53.6 Å². The van der Waals surface area contributed by atoms with Crippen LogP contribution in [0.25, 0.3) is 0 Å². The number of anilines is 1. The van der Waals surface area contributed by atoms with Crippen LogP contribution in [0.3, 0.4) is 0 Å². The number of likely N-dealkylation sites (tertiary alicyclic amines) is 1. The van der Waals surface area contributed by atoms with E-state index in [4.69, 9.17) is 4.52 Å². The Morgan fingerprint density at radius 1 is 1.32 bits per heavy atom. The van der Waals surface area contributed by atoms with Gasteiger partial charge < -0.3 is 25.0 Å². The van der Waals surface area contributed by atoms with Crippen molar-refractivity contribution >= 4 is 17.8 Å². The number of nitrogens with zero attached hydrogens (tertiary/aromatic N) is 3. The van der Waals surface area contributed by atoms with Crippen LogP contribution in [0.4, 0.5) is 10.6 Å². The molecule has 1 fully saturated rings. The number of carbonyl (C=O) groups excluding carboxylic acids is 2. The van der Waals surface area contributed by atoms with Crippen LogP contribution in [-0.2, 0) is 4.79 Å². The monoisotopic (exact) mass is 351 g/mol. The zero-order valence-corrected chi connectivity index (χ0v) is 15.6. The lowest BCUT2D eigenvalue weighted by molar-refractivity contribution is -0.116. The maximum Gasteiger partial charge on any atom is 0.318 e. The summed E-state index contributed by atoms with van der Waals surface area (Å²) in [5.74, 6) is 0.684. The molecule has 25 heavy (non-hydrogen) atoms. The van der Waals surface area contributed by atoms with Crippen LogP contribution >= 0.6 is 0 Å². The van der Waals surface area contributed by atoms with Gasteiger partial charge in [0.1, 0.15) is 12.3 Å². The van der Waals surface area contributed by atoms with Gasteiger partial charge in [0.25, 0.3) is 0 Å². The Bertz CT molecular complexity index is 587. The predicted molar refractivity (Wildman–Crippen MR) is 95.4 cm³/mol. The lowest BCUT2D eigenvalue weighted by atomic mass is 10.1. The number of carbonyl (C=O) groups is 2. The number of aromatic nitrogens is 1. The molecule has 0 unspecified atom stereocenters. The number of hydrogen-bond acceptors (Lipinski definition) is 5. The summed E-state index contributed by atoms with van der Waals surface area (Å²) >= 11 is 0. The molecule has 0 bridgehead atoms. The Morgan fingerprint density at radius 3 is 2.56 bits per heavy atom. The van der Waals surface area contributed by atoms with Crippen LogP contribution < -0.4 is 10.6 Å². The summed E-state index contributed by atoms with van der Waals surface area (Å²) in [7, 11) is 0. The molecule has 1 aromatic heterocycles. The number of rotatable bonds is 6. The highest BCUT2D eigenvalue weighted by Crippen LogP contribution is 2.09. The van der Waals surface area contributed by atoms with Crippen LogP contribution in [0.1, 0.15) is 39.4 Å². The Kier molecular flexibility index (Phi) is 6.41. The fourth-order valence-corrected chi connectivity index (χ4v) is 2.70. The van der Waals surface area contributed by atoms with Crippen LogP contribution in [-0.4, -0.2) is 65.2 Å². The van der Waals surface area contributed by atoms with E-state index in [2.05, 4.69) is 20.7 Å². The maximum atomic E-state index is 12.5. The molecule has 0 atom stereocenters. The number of urea groups is 1. The normalized spacial score (nSPS) is 15.2. The van der Waals surface area contributed by atoms with Crippen LogP contribution in [0, 0.1) is 6.92 Å². The van der Waals surface area contributed by atoms with Gasteiger partial charge in [-0.1, -0.05) is 5.16 Å². The summed E-state index contributed by atoms with van der Waals surface area (Å²) in [6, 6.07) is 1.40. The van der Waals surface area contributed by atoms with E-state index in [9.17, 15) is 9.59 Å². The van der Waals surface area contributed by atoms with Crippen molar-refractivity contribution < 1.29 is 14.1 Å². The smallest absolute Gasteiger partial charge is 0.318 e. The maximum absolute atomic E-state index is 12.5. The average molecular weight is 351 g/mol. The van der Waals surface area contributed by atoms with E-state index in [-0.39, 0.29) is 24.0 Å². The van der Waals surface area contributed by atoms with Crippen LogP contribution in [0.5, 0.6) is 0 Å². The van der Waals surface area contributed by atoms with E-state index in [1.54, 1.807) is 17.9 Å². The molecule has 0 spiro atoms. The minimum atomic E-state index is -0.358. The third-order valence-corrected chi connectivity index (χ3v) is 3.88. The topological polar surface area (TPSA) is 90.7 Å². The molecule has 3 amide bonds. The molecule has 2 heterocycles. The third-order valence-electron chi connectivity index (χ3n) is 3.88. The minimum absolute atomic E-state index is 0.0261. The Morgan fingerprint density at radius 2 is 2.00 bits per heavy atom. The van der Waals surface area contributed by atoms with Gasteiger partial charge in [0.2, 0.25) is 5.91 Å². The molecule has 140 valence electrons. The molecule has 8 heteroatoms. The summed E-state index contributed by atoms with van der Waals surface area (Å²) in [5.41, 5.74) is -0.358. The second-order valence-corrected chi connectivity index (χ2v) is 7.52. The number of nitrogens with one attached hydrogen (secondary N) is 2. The zero-order valence-electron chi connectivity index (χ0n) is 15.6. The molecule has 1 saturated heterocycles. The summed E-state index contributed by atoms with van der Waals surface area (Å²) in [6.07, 6.45) is 2.39. The van der Waals surface area contributed by atoms with Crippen molar-refractivity contribution in [1.82, 2.24) is 20.3 Å². The van der Waals surface area contributed by atoms with Crippen molar-refractivity contribution in [1.29, 1.82) is 0 Å². The first kappa shape index (κ1) is 19.2. The fraction of sp³-hybridized carbons (Fsp3) is 0.706. The van der Waals surface area contributed by atoms with Crippen molar-refractivity contribution in [2.75, 3.05) is 38.0 Å². The Hall–Kier alpha value is -2.09. The van der Waals surface area contributed by atoms with E-state index in [1.807, 2.05) is 20.8 Å². The first-order valence-electron chi connectivity index (χ1n) is 8.75. The predicted octanol–water partition coefficient (Wildman–Crippen LogP) is 1.83. The molecule has 1 aliphatic heterocycles. The molecule has 8 nitrogen and oxygen atoms in total. The zero-order chi connectivity index (χ0) is 18.4. The first-order chi connectivity index (χ1) is 11.7. The average Bonchev–Trinajstić information content (AvgIpc) is 3.13. The molecular weight excluding hydrogens is 322 g/mol. The van der Waals surface area contributed by atoms with E-state index in [1.165, 1.54) is 12.8 Å². The van der Waals surface area contributed by atoms with Gasteiger partial charge in [0, 0.05) is 24.7 Å². The standard InChI is InChI=1S/C17H29N5O3/c1-13-11-14(20-25-13)18-15(23)12-22(16(24)19-17(2,3)4)10-9-21-7-5-6-8-21/h11H,5-10,12H2,1-4H3,(H,19,24)(H,18,20,23). The van der Waals surface area contributed by atoms with Crippen molar-refractivity contribution in [2.24, 2.45) is 0 Å². The largest absolute Gasteiger partial charge is 0.360 e. The Labute approximate surface area is 148 Å². The van der Waals surface area contributed by atoms with Gasteiger partial charge in [0.15, 0.2) is 5.82 Å². The highest BCUT2D eigenvalue weighted by atomic mass is 16.5. The van der Waals surface area contributed by atoms with Gasteiger partial charge in [-0.15, -0.1) is 0 Å². The van der Waals surface area contributed by atoms with Gasteiger partial charge in [-0.25, -0.2) is 4.79 Å². The summed E-state index contributed by atoms with van der Waals surface area (Å²) in [4.78, 5) is 28.7. The highest BCUT2D eigenvalue weighted by Gasteiger charge is 2.23.